The molecule has 11 nitrogen and oxygen atoms in total. The van der Waals surface area contributed by atoms with Crippen molar-refractivity contribution in [2.75, 3.05) is 26.7 Å². The fourth-order valence-corrected chi connectivity index (χ4v) is 5.75. The molecule has 1 saturated heterocycles. The van der Waals surface area contributed by atoms with Gasteiger partial charge in [-0.3, -0.25) is 19.2 Å². The molecule has 0 unspecified atom stereocenters. The SMILES string of the molecule is CN(C(=O)[C@H](Cc1ccccc1)NC(=O)[C@@H]1CCCN1C(=O)[C@@H](N)Cc1ccc(O)cc1)[C@@H](Cc1ccccc1)C(=O)NCCO. The molecule has 11 heteroatoms. The first-order valence-electron chi connectivity index (χ1n) is 15.6. The van der Waals surface area contributed by atoms with Crippen molar-refractivity contribution >= 4 is 23.6 Å². The summed E-state index contributed by atoms with van der Waals surface area (Å²) in [5.74, 6) is -1.60. The van der Waals surface area contributed by atoms with Crippen molar-refractivity contribution in [3.8, 4) is 5.75 Å². The van der Waals surface area contributed by atoms with E-state index in [1.165, 1.54) is 29.0 Å². The molecule has 3 aromatic rings. The Kier molecular flexibility index (Phi) is 12.3. The average molecular weight is 630 g/mol. The second kappa shape index (κ2) is 16.5. The molecule has 0 saturated carbocycles. The molecule has 4 rings (SSSR count). The molecule has 244 valence electrons. The van der Waals surface area contributed by atoms with Gasteiger partial charge < -0.3 is 36.4 Å². The molecule has 0 aliphatic carbocycles. The zero-order chi connectivity index (χ0) is 33.1. The van der Waals surface area contributed by atoms with Gasteiger partial charge in [-0.05, 0) is 48.1 Å². The maximum atomic E-state index is 14.1. The lowest BCUT2D eigenvalue weighted by molar-refractivity contribution is -0.143. The molecule has 0 aromatic heterocycles. The van der Waals surface area contributed by atoms with E-state index in [-0.39, 0.29) is 44.1 Å². The van der Waals surface area contributed by atoms with Crippen LogP contribution < -0.4 is 16.4 Å². The summed E-state index contributed by atoms with van der Waals surface area (Å²) in [6, 6.07) is 21.4. The first-order chi connectivity index (χ1) is 22.2. The van der Waals surface area contributed by atoms with E-state index in [1.807, 2.05) is 60.7 Å². The topological polar surface area (TPSA) is 165 Å². The number of nitrogens with one attached hydrogen (secondary N) is 2. The number of rotatable bonds is 14. The van der Waals surface area contributed by atoms with Crippen molar-refractivity contribution in [2.24, 2.45) is 5.73 Å². The fourth-order valence-electron chi connectivity index (χ4n) is 5.75. The van der Waals surface area contributed by atoms with E-state index in [2.05, 4.69) is 10.6 Å². The van der Waals surface area contributed by atoms with Crippen LogP contribution in [0.1, 0.15) is 29.5 Å². The van der Waals surface area contributed by atoms with Gasteiger partial charge in [0.05, 0.1) is 12.6 Å². The number of nitrogens with two attached hydrogens (primary N) is 1. The summed E-state index contributed by atoms with van der Waals surface area (Å²) in [4.78, 5) is 57.4. The number of phenolic OH excluding ortho intramolecular Hbond substituents is 1. The Bertz CT molecular complexity index is 1450. The number of likely N-dealkylation sites (tertiary alicyclic amines) is 1. The minimum Gasteiger partial charge on any atom is -0.508 e. The van der Waals surface area contributed by atoms with Gasteiger partial charge >= 0.3 is 0 Å². The van der Waals surface area contributed by atoms with Crippen LogP contribution in [0.25, 0.3) is 0 Å². The summed E-state index contributed by atoms with van der Waals surface area (Å²) in [6.45, 7) is 0.154. The fraction of sp³-hybridized carbons (Fsp3) is 0.371. The molecule has 0 radical (unpaired) electrons. The highest BCUT2D eigenvalue weighted by Gasteiger charge is 2.39. The Morgan fingerprint density at radius 3 is 2.09 bits per heavy atom. The Hall–Kier alpha value is -4.74. The Morgan fingerprint density at radius 2 is 1.48 bits per heavy atom. The van der Waals surface area contributed by atoms with Crippen molar-refractivity contribution < 1.29 is 29.4 Å². The minimum atomic E-state index is -1.02. The number of phenols is 1. The normalized spacial score (nSPS) is 16.2. The zero-order valence-electron chi connectivity index (χ0n) is 26.0. The number of nitrogens with zero attached hydrogens (tertiary/aromatic N) is 2. The van der Waals surface area contributed by atoms with Crippen LogP contribution in [0.5, 0.6) is 5.75 Å². The highest BCUT2D eigenvalue weighted by molar-refractivity contribution is 5.95. The largest absolute Gasteiger partial charge is 0.508 e. The van der Waals surface area contributed by atoms with E-state index >= 15 is 0 Å². The van der Waals surface area contributed by atoms with Gasteiger partial charge in [0.25, 0.3) is 0 Å². The molecule has 1 fully saturated rings. The van der Waals surface area contributed by atoms with Crippen LogP contribution in [0.2, 0.25) is 0 Å². The molecule has 3 aromatic carbocycles. The lowest BCUT2D eigenvalue weighted by Crippen LogP contribution is -2.58. The van der Waals surface area contributed by atoms with Crippen LogP contribution in [0, 0.1) is 0 Å². The number of aromatic hydroxyl groups is 1. The predicted octanol–water partition coefficient (Wildman–Crippen LogP) is 1.16. The van der Waals surface area contributed by atoms with Crippen LogP contribution in [0.4, 0.5) is 0 Å². The second-order valence-electron chi connectivity index (χ2n) is 11.6. The van der Waals surface area contributed by atoms with Gasteiger partial charge in [0.2, 0.25) is 23.6 Å². The van der Waals surface area contributed by atoms with Crippen LogP contribution in [0.15, 0.2) is 84.9 Å². The van der Waals surface area contributed by atoms with E-state index in [0.717, 1.165) is 16.7 Å². The van der Waals surface area contributed by atoms with Gasteiger partial charge in [0, 0.05) is 33.0 Å². The zero-order valence-corrected chi connectivity index (χ0v) is 26.0. The minimum absolute atomic E-state index is 0.0385. The van der Waals surface area contributed by atoms with Crippen molar-refractivity contribution in [3.63, 3.8) is 0 Å². The van der Waals surface area contributed by atoms with Crippen LogP contribution >= 0.6 is 0 Å². The molecule has 1 aliphatic heterocycles. The highest BCUT2D eigenvalue weighted by Crippen LogP contribution is 2.21. The Labute approximate surface area is 269 Å². The van der Waals surface area contributed by atoms with Gasteiger partial charge in [-0.25, -0.2) is 0 Å². The summed E-state index contributed by atoms with van der Waals surface area (Å²) in [5.41, 5.74) is 8.72. The maximum absolute atomic E-state index is 14.1. The lowest BCUT2D eigenvalue weighted by atomic mass is 10.0. The van der Waals surface area contributed by atoms with E-state index in [1.54, 1.807) is 12.1 Å². The maximum Gasteiger partial charge on any atom is 0.245 e. The molecule has 4 amide bonds. The summed E-state index contributed by atoms with van der Waals surface area (Å²) in [6.07, 6.45) is 1.68. The number of likely N-dealkylation sites (N-methyl/N-ethyl adjacent to an activating group) is 1. The van der Waals surface area contributed by atoms with E-state index in [9.17, 15) is 29.4 Å². The van der Waals surface area contributed by atoms with Gasteiger partial charge in [-0.15, -0.1) is 0 Å². The number of amides is 4. The summed E-state index contributed by atoms with van der Waals surface area (Å²) in [7, 11) is 1.53. The number of carbonyl (C=O) groups is 4. The summed E-state index contributed by atoms with van der Waals surface area (Å²) < 4.78 is 0. The van der Waals surface area contributed by atoms with Crippen molar-refractivity contribution in [1.29, 1.82) is 0 Å². The predicted molar refractivity (Wildman–Crippen MR) is 173 cm³/mol. The molecule has 1 heterocycles. The average Bonchev–Trinajstić information content (AvgIpc) is 3.57. The molecule has 1 aliphatic rings. The smallest absolute Gasteiger partial charge is 0.245 e. The van der Waals surface area contributed by atoms with Crippen LogP contribution in [0.3, 0.4) is 0 Å². The van der Waals surface area contributed by atoms with E-state index in [0.29, 0.717) is 19.4 Å². The molecule has 0 spiro atoms. The molecule has 46 heavy (non-hydrogen) atoms. The van der Waals surface area contributed by atoms with Crippen molar-refractivity contribution in [2.45, 2.75) is 56.3 Å². The van der Waals surface area contributed by atoms with Crippen LogP contribution in [-0.2, 0) is 38.4 Å². The first kappa shape index (κ1) is 34.1. The molecular formula is C35H43N5O6. The molecule has 4 atom stereocenters. The molecular weight excluding hydrogens is 586 g/mol. The molecule has 0 bridgehead atoms. The standard InChI is InChI=1S/C35H43N5O6/c1-39(31(32(43)37-18-20-41)23-25-11-6-3-7-12-25)35(46)29(22-24-9-4-2-5-10-24)38-33(44)30-13-8-19-40(30)34(45)28(36)21-26-14-16-27(42)17-15-26/h2-7,9-12,14-17,28-31,41-42H,8,13,18-23,36H2,1H3,(H,37,43)(H,38,44)/t28-,29-,30-,31-/m0/s1. The number of aliphatic hydroxyl groups excluding tert-OH is 1. The summed E-state index contributed by atoms with van der Waals surface area (Å²) in [5, 5.41) is 24.4. The monoisotopic (exact) mass is 629 g/mol. The second-order valence-corrected chi connectivity index (χ2v) is 11.6. The third-order valence-corrected chi connectivity index (χ3v) is 8.25. The van der Waals surface area contributed by atoms with Gasteiger partial charge in [0.15, 0.2) is 0 Å². The molecule has 6 N–H and O–H groups in total. The Balaban J connectivity index is 1.53. The van der Waals surface area contributed by atoms with Gasteiger partial charge in [-0.2, -0.15) is 0 Å². The summed E-state index contributed by atoms with van der Waals surface area (Å²) >= 11 is 0. The van der Waals surface area contributed by atoms with Crippen molar-refractivity contribution in [3.05, 3.63) is 102 Å². The number of hydrogen-bond acceptors (Lipinski definition) is 7. The van der Waals surface area contributed by atoms with Gasteiger partial charge in [-0.1, -0.05) is 72.8 Å². The van der Waals surface area contributed by atoms with E-state index < -0.39 is 41.9 Å². The third kappa shape index (κ3) is 9.15. The number of carbonyl (C=O) groups excluding carboxylic acids is 4. The van der Waals surface area contributed by atoms with E-state index in [4.69, 9.17) is 5.73 Å². The first-order valence-corrected chi connectivity index (χ1v) is 15.6. The van der Waals surface area contributed by atoms with Gasteiger partial charge in [0.1, 0.15) is 23.9 Å². The Morgan fingerprint density at radius 1 is 0.891 bits per heavy atom. The number of benzene rings is 3. The third-order valence-electron chi connectivity index (χ3n) is 8.25. The van der Waals surface area contributed by atoms with Crippen molar-refractivity contribution in [1.82, 2.24) is 20.4 Å². The number of aliphatic hydroxyl groups is 1. The number of hydrogen-bond donors (Lipinski definition) is 5. The van der Waals surface area contributed by atoms with Crippen LogP contribution in [-0.4, -0.2) is 94.6 Å². The quantitative estimate of drug-likeness (QED) is 0.179. The highest BCUT2D eigenvalue weighted by atomic mass is 16.3. The lowest BCUT2D eigenvalue weighted by Gasteiger charge is -2.32.